The monoisotopic (exact) mass is 408 g/mol. The van der Waals surface area contributed by atoms with Gasteiger partial charge in [0.1, 0.15) is 0 Å². The topological polar surface area (TPSA) is 43.4 Å². The van der Waals surface area contributed by atoms with Crippen molar-refractivity contribution in [1.82, 2.24) is 0 Å². The third-order valence-corrected chi connectivity index (χ3v) is 8.54. The smallest absolute Gasteiger partial charge is 0.196 e. The van der Waals surface area contributed by atoms with Gasteiger partial charge in [-0.3, -0.25) is 0 Å². The van der Waals surface area contributed by atoms with Crippen LogP contribution in [0.2, 0.25) is 0 Å². The van der Waals surface area contributed by atoms with Gasteiger partial charge in [-0.05, 0) is 36.1 Å². The molecule has 1 aliphatic heterocycles. The summed E-state index contributed by atoms with van der Waals surface area (Å²) in [6.45, 7) is 2.98. The Morgan fingerprint density at radius 3 is 2.08 bits per heavy atom. The normalized spacial score (nSPS) is 23.8. The minimum absolute atomic E-state index is 0.0755. The molecule has 1 aromatic carbocycles. The Labute approximate surface area is 142 Å². The molecule has 0 spiro atoms. The largest absolute Gasteiger partial charge is 0.523 e. The third kappa shape index (κ3) is 3.06. The van der Waals surface area contributed by atoms with Crippen LogP contribution >= 0.6 is 10.3 Å². The lowest BCUT2D eigenvalue weighted by Gasteiger charge is -2.39. The van der Waals surface area contributed by atoms with Crippen LogP contribution in [0.5, 0.6) is 0 Å². The van der Waals surface area contributed by atoms with Crippen molar-refractivity contribution in [2.45, 2.75) is 42.6 Å². The second-order valence-corrected chi connectivity index (χ2v) is 9.57. The molecule has 0 radical (unpaired) electrons. The molecule has 25 heavy (non-hydrogen) atoms. The van der Waals surface area contributed by atoms with Crippen molar-refractivity contribution in [3.63, 3.8) is 0 Å². The molecule has 0 amide bonds. The van der Waals surface area contributed by atoms with Crippen molar-refractivity contribution < 1.29 is 38.4 Å². The molecule has 0 saturated heterocycles. The summed E-state index contributed by atoms with van der Waals surface area (Å²) in [5, 5.41) is 0. The average Bonchev–Trinajstić information content (AvgIpc) is 2.80. The molecule has 142 valence electrons. The standard InChI is InChI=1S/C14H14F6O3S2/c1-3-9-6-5-7-12-11(9)8-10(4-2)24(12,13(15,16)17)23-25(21,22)14(18,19)20/h5-8H,3-4H2,1-2H3. The molecular weight excluding hydrogens is 394 g/mol. The van der Waals surface area contributed by atoms with Crippen LogP contribution in [-0.2, 0) is 20.2 Å². The van der Waals surface area contributed by atoms with E-state index >= 15 is 0 Å². The van der Waals surface area contributed by atoms with Gasteiger partial charge in [-0.1, -0.05) is 26.0 Å². The second-order valence-electron chi connectivity index (χ2n) is 5.12. The molecule has 0 fully saturated rings. The summed E-state index contributed by atoms with van der Waals surface area (Å²) in [5.74, 6) is 0. The average molecular weight is 408 g/mol. The molecule has 2 rings (SSSR count). The molecule has 11 heteroatoms. The maximum atomic E-state index is 13.9. The summed E-state index contributed by atoms with van der Waals surface area (Å²) in [6.07, 6.45) is 1.12. The Hall–Kier alpha value is -1.20. The van der Waals surface area contributed by atoms with Gasteiger partial charge in [0.2, 0.25) is 0 Å². The van der Waals surface area contributed by atoms with E-state index in [0.29, 0.717) is 12.0 Å². The zero-order valence-corrected chi connectivity index (χ0v) is 14.7. The number of rotatable bonds is 4. The quantitative estimate of drug-likeness (QED) is 0.490. The summed E-state index contributed by atoms with van der Waals surface area (Å²) < 4.78 is 107. The van der Waals surface area contributed by atoms with Crippen LogP contribution in [0.15, 0.2) is 28.0 Å². The number of aryl methyl sites for hydroxylation is 1. The molecule has 0 saturated carbocycles. The zero-order valence-electron chi connectivity index (χ0n) is 13.0. The molecule has 1 aliphatic rings. The summed E-state index contributed by atoms with van der Waals surface area (Å²) >= 11 is 0. The Kier molecular flexibility index (Phi) is 4.99. The van der Waals surface area contributed by atoms with Crippen molar-refractivity contribution >= 4 is 26.5 Å². The first kappa shape index (κ1) is 20.1. The van der Waals surface area contributed by atoms with Gasteiger partial charge >= 0.3 is 21.1 Å². The number of benzene rings is 1. The Balaban J connectivity index is 2.82. The van der Waals surface area contributed by atoms with E-state index in [0.717, 1.165) is 12.1 Å². The SMILES string of the molecule is CCC1=Cc2c(CC)cccc2S1(OS(=O)(=O)C(F)(F)F)C(F)(F)F. The molecule has 1 aromatic rings. The highest BCUT2D eigenvalue weighted by Crippen LogP contribution is 2.78. The molecule has 3 nitrogen and oxygen atoms in total. The lowest BCUT2D eigenvalue weighted by molar-refractivity contribution is -0.0546. The maximum absolute atomic E-state index is 13.9. The lowest BCUT2D eigenvalue weighted by Crippen LogP contribution is -2.32. The molecule has 0 bridgehead atoms. The number of hydrogen-bond acceptors (Lipinski definition) is 3. The minimum Gasteiger partial charge on any atom is -0.196 e. The molecule has 0 aromatic heterocycles. The lowest BCUT2D eigenvalue weighted by atomic mass is 10.0. The first-order valence-electron chi connectivity index (χ1n) is 7.06. The van der Waals surface area contributed by atoms with E-state index in [-0.39, 0.29) is 12.0 Å². The summed E-state index contributed by atoms with van der Waals surface area (Å²) in [7, 11) is -11.3. The van der Waals surface area contributed by atoms with E-state index in [1.54, 1.807) is 6.92 Å². The van der Waals surface area contributed by atoms with Gasteiger partial charge in [0.15, 0.2) is 0 Å². The molecule has 1 heterocycles. The first-order chi connectivity index (χ1) is 11.3. The second kappa shape index (κ2) is 6.20. The van der Waals surface area contributed by atoms with Gasteiger partial charge in [-0.2, -0.15) is 38.4 Å². The summed E-state index contributed by atoms with van der Waals surface area (Å²) in [5.41, 5.74) is -10.7. The van der Waals surface area contributed by atoms with Crippen LogP contribution in [0.4, 0.5) is 26.3 Å². The zero-order chi connectivity index (χ0) is 19.3. The maximum Gasteiger partial charge on any atom is 0.523 e. The van der Waals surface area contributed by atoms with Crippen molar-refractivity contribution in [3.8, 4) is 0 Å². The van der Waals surface area contributed by atoms with Crippen LogP contribution in [0.1, 0.15) is 31.4 Å². The summed E-state index contributed by atoms with van der Waals surface area (Å²) in [6, 6.07) is 3.76. The number of allylic oxidation sites excluding steroid dienone is 1. The third-order valence-electron chi connectivity index (χ3n) is 3.67. The van der Waals surface area contributed by atoms with Crippen LogP contribution < -0.4 is 0 Å². The Morgan fingerprint density at radius 2 is 1.64 bits per heavy atom. The van der Waals surface area contributed by atoms with Gasteiger partial charge in [0, 0.05) is 20.1 Å². The van der Waals surface area contributed by atoms with Crippen molar-refractivity contribution in [2.75, 3.05) is 0 Å². The number of hydrogen-bond donors (Lipinski definition) is 0. The Bertz CT molecular complexity index is 811. The van der Waals surface area contributed by atoms with Crippen molar-refractivity contribution in [2.24, 2.45) is 0 Å². The highest BCUT2D eigenvalue weighted by Gasteiger charge is 2.63. The van der Waals surface area contributed by atoms with Crippen molar-refractivity contribution in [3.05, 3.63) is 34.2 Å². The highest BCUT2D eigenvalue weighted by atomic mass is 32.3. The minimum atomic E-state index is -6.45. The molecule has 1 unspecified atom stereocenters. The van der Waals surface area contributed by atoms with Gasteiger partial charge < -0.3 is 0 Å². The van der Waals surface area contributed by atoms with E-state index < -0.39 is 41.2 Å². The fourth-order valence-corrected chi connectivity index (χ4v) is 7.19. The van der Waals surface area contributed by atoms with Crippen LogP contribution in [-0.4, -0.2) is 19.4 Å². The van der Waals surface area contributed by atoms with E-state index in [9.17, 15) is 34.8 Å². The number of halogens is 6. The number of alkyl halides is 6. The van der Waals surface area contributed by atoms with Crippen LogP contribution in [0, 0.1) is 0 Å². The molecule has 0 aliphatic carbocycles. The summed E-state index contributed by atoms with van der Waals surface area (Å²) in [4.78, 5) is -1.08. The molecule has 1 atom stereocenters. The van der Waals surface area contributed by atoms with Crippen LogP contribution in [0.25, 0.3) is 6.08 Å². The van der Waals surface area contributed by atoms with Crippen LogP contribution in [0.3, 0.4) is 0 Å². The predicted octanol–water partition coefficient (Wildman–Crippen LogP) is 5.48. The van der Waals surface area contributed by atoms with E-state index in [1.165, 1.54) is 19.1 Å². The fourth-order valence-electron chi connectivity index (χ4n) is 2.57. The van der Waals surface area contributed by atoms with Crippen molar-refractivity contribution in [1.29, 1.82) is 0 Å². The predicted molar refractivity (Wildman–Crippen MR) is 82.1 cm³/mol. The number of fused-ring (bicyclic) bond motifs is 1. The Morgan fingerprint density at radius 1 is 1.04 bits per heavy atom. The van der Waals surface area contributed by atoms with Gasteiger partial charge in [0.25, 0.3) is 0 Å². The van der Waals surface area contributed by atoms with Gasteiger partial charge in [-0.25, -0.2) is 0 Å². The molecule has 0 N–H and O–H groups in total. The van der Waals surface area contributed by atoms with Gasteiger partial charge in [-0.15, -0.1) is 0 Å². The van der Waals surface area contributed by atoms with Gasteiger partial charge in [0.05, 0.1) is 0 Å². The van der Waals surface area contributed by atoms with E-state index in [4.69, 9.17) is 0 Å². The fraction of sp³-hybridized carbons (Fsp3) is 0.429. The van der Waals surface area contributed by atoms with E-state index in [1.807, 2.05) is 0 Å². The van der Waals surface area contributed by atoms with E-state index in [2.05, 4.69) is 3.63 Å². The molecular formula is C14H14F6O3S2. The first-order valence-corrected chi connectivity index (χ1v) is 10.0. The highest BCUT2D eigenvalue weighted by molar-refractivity contribution is 8.37.